The Labute approximate surface area is 100 Å². The lowest BCUT2D eigenvalue weighted by Crippen LogP contribution is -2.34. The number of oxime groups is 1. The van der Waals surface area contributed by atoms with Crippen LogP contribution < -0.4 is 0 Å². The fraction of sp³-hybridized carbons (Fsp3) is 0.417. The minimum atomic E-state index is -0.315. The van der Waals surface area contributed by atoms with E-state index in [0.29, 0.717) is 6.42 Å². The number of aromatic nitrogens is 1. The zero-order valence-electron chi connectivity index (χ0n) is 9.74. The number of hydrogen-bond acceptors (Lipinski definition) is 4. The second kappa shape index (κ2) is 5.43. The molecule has 0 radical (unpaired) electrons. The molecule has 1 fully saturated rings. The third-order valence-corrected chi connectivity index (χ3v) is 2.64. The van der Waals surface area contributed by atoms with Crippen LogP contribution >= 0.6 is 0 Å². The summed E-state index contributed by atoms with van der Waals surface area (Å²) >= 11 is 0. The van der Waals surface area contributed by atoms with Gasteiger partial charge in [0.2, 0.25) is 5.91 Å². The predicted octanol–water partition coefficient (Wildman–Crippen LogP) is 1.40. The lowest BCUT2D eigenvalue weighted by atomic mass is 10.4. The summed E-state index contributed by atoms with van der Waals surface area (Å²) in [5, 5.41) is 3.84. The second-order valence-corrected chi connectivity index (χ2v) is 3.88. The topological polar surface area (TPSA) is 54.8 Å². The summed E-state index contributed by atoms with van der Waals surface area (Å²) in [6.07, 6.45) is 4.42. The lowest BCUT2D eigenvalue weighted by Gasteiger charge is -2.21. The van der Waals surface area contributed by atoms with Gasteiger partial charge in [-0.2, -0.15) is 0 Å². The van der Waals surface area contributed by atoms with Crippen LogP contribution in [0.3, 0.4) is 0 Å². The molecule has 90 valence electrons. The van der Waals surface area contributed by atoms with Gasteiger partial charge in [0, 0.05) is 19.2 Å². The highest BCUT2D eigenvalue weighted by atomic mass is 16.6. The molecule has 1 amide bonds. The molecule has 1 atom stereocenters. The molecule has 5 nitrogen and oxygen atoms in total. The van der Waals surface area contributed by atoms with Crippen LogP contribution in [0, 0.1) is 0 Å². The maximum absolute atomic E-state index is 11.4. The summed E-state index contributed by atoms with van der Waals surface area (Å²) in [6, 6.07) is 5.55. The Bertz CT molecular complexity index is 405. The number of pyridine rings is 1. The van der Waals surface area contributed by atoms with Gasteiger partial charge in [0.05, 0.1) is 11.9 Å². The van der Waals surface area contributed by atoms with Gasteiger partial charge in [-0.3, -0.25) is 9.78 Å². The van der Waals surface area contributed by atoms with Gasteiger partial charge >= 0.3 is 0 Å². The van der Waals surface area contributed by atoms with Crippen molar-refractivity contribution in [2.45, 2.75) is 26.0 Å². The molecule has 0 N–H and O–H groups in total. The van der Waals surface area contributed by atoms with E-state index < -0.39 is 0 Å². The summed E-state index contributed by atoms with van der Waals surface area (Å²) in [6.45, 7) is 2.57. The van der Waals surface area contributed by atoms with Crippen LogP contribution in [0.5, 0.6) is 0 Å². The summed E-state index contributed by atoms with van der Waals surface area (Å²) < 4.78 is 0. The highest BCUT2D eigenvalue weighted by molar-refractivity contribution is 5.78. The van der Waals surface area contributed by atoms with Gasteiger partial charge in [0.15, 0.2) is 6.23 Å². The first kappa shape index (κ1) is 11.6. The molecule has 1 aromatic rings. The van der Waals surface area contributed by atoms with Crippen molar-refractivity contribution in [3.05, 3.63) is 30.1 Å². The molecule has 1 aromatic heterocycles. The van der Waals surface area contributed by atoms with Crippen molar-refractivity contribution < 1.29 is 9.63 Å². The molecule has 1 saturated heterocycles. The Hall–Kier alpha value is -1.91. The molecule has 0 aliphatic carbocycles. The van der Waals surface area contributed by atoms with Gasteiger partial charge in [-0.25, -0.2) is 0 Å². The SMILES string of the molecule is CC(O/N=C/c1ccccn1)N1CCCC1=O. The fourth-order valence-electron chi connectivity index (χ4n) is 1.74. The third kappa shape index (κ3) is 3.03. The zero-order chi connectivity index (χ0) is 12.1. The average molecular weight is 233 g/mol. The molecular formula is C12H15N3O2. The van der Waals surface area contributed by atoms with E-state index in [1.165, 1.54) is 6.21 Å². The number of hydrogen-bond donors (Lipinski definition) is 0. The Balaban J connectivity index is 1.85. The summed E-state index contributed by atoms with van der Waals surface area (Å²) in [4.78, 5) is 22.4. The maximum atomic E-state index is 11.4. The molecule has 2 rings (SSSR count). The van der Waals surface area contributed by atoms with Crippen molar-refractivity contribution in [2.75, 3.05) is 6.54 Å². The first-order chi connectivity index (χ1) is 8.27. The molecular weight excluding hydrogens is 218 g/mol. The van der Waals surface area contributed by atoms with Crippen molar-refractivity contribution in [3.63, 3.8) is 0 Å². The van der Waals surface area contributed by atoms with Gasteiger partial charge in [-0.1, -0.05) is 11.2 Å². The van der Waals surface area contributed by atoms with E-state index in [4.69, 9.17) is 4.84 Å². The Morgan fingerprint density at radius 1 is 1.59 bits per heavy atom. The van der Waals surface area contributed by atoms with E-state index in [1.54, 1.807) is 11.1 Å². The predicted molar refractivity (Wildman–Crippen MR) is 63.3 cm³/mol. The van der Waals surface area contributed by atoms with Gasteiger partial charge in [0.25, 0.3) is 0 Å². The normalized spacial score (nSPS) is 17.7. The van der Waals surface area contributed by atoms with Crippen molar-refractivity contribution in [3.8, 4) is 0 Å². The fourth-order valence-corrected chi connectivity index (χ4v) is 1.74. The van der Waals surface area contributed by atoms with Crippen LogP contribution in [0.4, 0.5) is 0 Å². The van der Waals surface area contributed by atoms with Crippen molar-refractivity contribution in [2.24, 2.45) is 5.16 Å². The quantitative estimate of drug-likeness (QED) is 0.583. The van der Waals surface area contributed by atoms with Crippen LogP contribution in [0.1, 0.15) is 25.5 Å². The first-order valence-electron chi connectivity index (χ1n) is 5.67. The molecule has 0 bridgehead atoms. The monoisotopic (exact) mass is 233 g/mol. The van der Waals surface area contributed by atoms with E-state index in [9.17, 15) is 4.79 Å². The highest BCUT2D eigenvalue weighted by Crippen LogP contribution is 2.14. The van der Waals surface area contributed by atoms with Crippen LogP contribution in [0.15, 0.2) is 29.6 Å². The van der Waals surface area contributed by atoms with E-state index in [2.05, 4.69) is 10.1 Å². The molecule has 1 aliphatic rings. The van der Waals surface area contributed by atoms with E-state index in [1.807, 2.05) is 25.1 Å². The van der Waals surface area contributed by atoms with Crippen molar-refractivity contribution in [1.29, 1.82) is 0 Å². The average Bonchev–Trinajstić information content (AvgIpc) is 2.77. The number of rotatable bonds is 4. The van der Waals surface area contributed by atoms with Crippen molar-refractivity contribution >= 4 is 12.1 Å². The van der Waals surface area contributed by atoms with Crippen LogP contribution in [-0.2, 0) is 9.63 Å². The van der Waals surface area contributed by atoms with Crippen molar-refractivity contribution in [1.82, 2.24) is 9.88 Å². The Kier molecular flexibility index (Phi) is 3.69. The van der Waals surface area contributed by atoms with Crippen LogP contribution in [0.2, 0.25) is 0 Å². The molecule has 17 heavy (non-hydrogen) atoms. The maximum Gasteiger partial charge on any atom is 0.225 e. The largest absolute Gasteiger partial charge is 0.371 e. The third-order valence-electron chi connectivity index (χ3n) is 2.64. The number of nitrogens with zero attached hydrogens (tertiary/aromatic N) is 3. The molecule has 1 aliphatic heterocycles. The van der Waals surface area contributed by atoms with Gasteiger partial charge < -0.3 is 9.74 Å². The molecule has 5 heteroatoms. The lowest BCUT2D eigenvalue weighted by molar-refractivity contribution is -0.139. The zero-order valence-corrected chi connectivity index (χ0v) is 9.74. The molecule has 1 unspecified atom stereocenters. The Morgan fingerprint density at radius 3 is 3.12 bits per heavy atom. The summed E-state index contributed by atoms with van der Waals surface area (Å²) in [7, 11) is 0. The minimum absolute atomic E-state index is 0.130. The minimum Gasteiger partial charge on any atom is -0.371 e. The van der Waals surface area contributed by atoms with Gasteiger partial charge in [-0.15, -0.1) is 0 Å². The van der Waals surface area contributed by atoms with Gasteiger partial charge in [-0.05, 0) is 25.5 Å². The van der Waals surface area contributed by atoms with E-state index in [0.717, 1.165) is 18.7 Å². The van der Waals surface area contributed by atoms with E-state index in [-0.39, 0.29) is 12.1 Å². The molecule has 2 heterocycles. The number of amides is 1. The second-order valence-electron chi connectivity index (χ2n) is 3.88. The van der Waals surface area contributed by atoms with Gasteiger partial charge in [0.1, 0.15) is 0 Å². The Morgan fingerprint density at radius 2 is 2.47 bits per heavy atom. The number of carbonyl (C=O) groups is 1. The summed E-state index contributed by atoms with van der Waals surface area (Å²) in [5.41, 5.74) is 0.729. The van der Waals surface area contributed by atoms with Crippen LogP contribution in [0.25, 0.3) is 0 Å². The first-order valence-corrected chi connectivity index (χ1v) is 5.67. The van der Waals surface area contributed by atoms with Crippen LogP contribution in [-0.4, -0.2) is 34.8 Å². The number of likely N-dealkylation sites (tertiary alicyclic amines) is 1. The smallest absolute Gasteiger partial charge is 0.225 e. The number of carbonyl (C=O) groups excluding carboxylic acids is 1. The standard InChI is InChI=1S/C12H15N3O2/c1-10(15-8-4-6-12(15)16)17-14-9-11-5-2-3-7-13-11/h2-3,5,7,9-10H,4,6,8H2,1H3/b14-9+. The highest BCUT2D eigenvalue weighted by Gasteiger charge is 2.25. The molecule has 0 aromatic carbocycles. The molecule has 0 saturated carbocycles. The molecule has 0 spiro atoms. The van der Waals surface area contributed by atoms with E-state index >= 15 is 0 Å². The summed E-state index contributed by atoms with van der Waals surface area (Å²) in [5.74, 6) is 0.130.